The standard InChI is InChI=1S/C49H31N3S/c1-2-12-29(13-3-1)30-22-24-31(25-23-30)45-48(50-46-38-19-9-11-21-42(38)53-49(46)51-45)52-41-20-10-8-18-37(41)44-36-17-7-6-16-35(36)43-39-27-33-15-5-4-14-32(33)26-34(39)28-40(43)47(44)52/h1-4,6-14,16-27H,5,15,28H2. The average molecular weight is 694 g/mol. The van der Waals surface area contributed by atoms with E-state index in [0.29, 0.717) is 0 Å². The predicted molar refractivity (Wildman–Crippen MR) is 223 cm³/mol. The summed E-state index contributed by atoms with van der Waals surface area (Å²) in [6, 6.07) is 50.9. The number of fused-ring (bicyclic) bond motifs is 14. The van der Waals surface area contributed by atoms with Crippen LogP contribution in [0.5, 0.6) is 0 Å². The number of allylic oxidation sites excluding steroid dienone is 1. The fraction of sp³-hybridized carbons (Fsp3) is 0.0612. The van der Waals surface area contributed by atoms with Crippen LogP contribution in [0, 0.1) is 0 Å². The summed E-state index contributed by atoms with van der Waals surface area (Å²) in [5.74, 6) is 0.871. The summed E-state index contributed by atoms with van der Waals surface area (Å²) in [5, 5.41) is 6.28. The summed E-state index contributed by atoms with van der Waals surface area (Å²) in [6.45, 7) is 0. The largest absolute Gasteiger partial charge is 0.292 e. The Morgan fingerprint density at radius 2 is 1.32 bits per heavy atom. The molecule has 0 unspecified atom stereocenters. The maximum atomic E-state index is 5.68. The van der Waals surface area contributed by atoms with Crippen LogP contribution in [0.25, 0.3) is 98.4 Å². The maximum absolute atomic E-state index is 5.68. The van der Waals surface area contributed by atoms with E-state index < -0.39 is 0 Å². The van der Waals surface area contributed by atoms with Gasteiger partial charge in [0, 0.05) is 32.8 Å². The molecule has 2 aliphatic rings. The van der Waals surface area contributed by atoms with Crippen LogP contribution in [0.15, 0.2) is 146 Å². The quantitative estimate of drug-likeness (QED) is 0.184. The van der Waals surface area contributed by atoms with Crippen molar-refractivity contribution in [3.63, 3.8) is 0 Å². The van der Waals surface area contributed by atoms with E-state index in [9.17, 15) is 0 Å². The molecular formula is C49H31N3S. The van der Waals surface area contributed by atoms with Gasteiger partial charge in [-0.2, -0.15) is 0 Å². The van der Waals surface area contributed by atoms with Gasteiger partial charge in [0.25, 0.3) is 0 Å². The lowest BCUT2D eigenvalue weighted by molar-refractivity contribution is 0.984. The second-order valence-electron chi connectivity index (χ2n) is 14.4. The van der Waals surface area contributed by atoms with E-state index in [0.717, 1.165) is 57.6 Å². The van der Waals surface area contributed by atoms with Crippen LogP contribution in [0.4, 0.5) is 0 Å². The van der Waals surface area contributed by atoms with Crippen LogP contribution in [0.2, 0.25) is 0 Å². The highest BCUT2D eigenvalue weighted by molar-refractivity contribution is 7.25. The number of nitrogens with zero attached hydrogens (tertiary/aromatic N) is 3. The summed E-state index contributed by atoms with van der Waals surface area (Å²) in [4.78, 5) is 12.2. The molecule has 3 heterocycles. The number of aromatic nitrogens is 3. The second kappa shape index (κ2) is 11.1. The minimum absolute atomic E-state index is 0.871. The third-order valence-electron chi connectivity index (χ3n) is 11.5. The molecule has 3 nitrogen and oxygen atoms in total. The van der Waals surface area contributed by atoms with Gasteiger partial charge in [-0.05, 0) is 80.3 Å². The third-order valence-corrected chi connectivity index (χ3v) is 12.5. The van der Waals surface area contributed by atoms with Crippen LogP contribution in [-0.2, 0) is 12.8 Å². The molecule has 0 saturated carbocycles. The summed E-state index contributed by atoms with van der Waals surface area (Å²) in [6.07, 6.45) is 7.70. The number of hydrogen-bond donors (Lipinski definition) is 0. The number of rotatable bonds is 3. The lowest BCUT2D eigenvalue weighted by Crippen LogP contribution is -2.04. The van der Waals surface area contributed by atoms with Crippen LogP contribution in [0.1, 0.15) is 28.7 Å². The van der Waals surface area contributed by atoms with Gasteiger partial charge in [0.05, 0.1) is 11.0 Å². The number of aryl methyl sites for hydroxylation is 1. The number of benzene rings is 7. The Hall–Kier alpha value is -6.36. The van der Waals surface area contributed by atoms with Crippen molar-refractivity contribution in [2.24, 2.45) is 0 Å². The Morgan fingerprint density at radius 1 is 0.604 bits per heavy atom. The van der Waals surface area contributed by atoms with E-state index in [1.54, 1.807) is 11.3 Å². The summed E-state index contributed by atoms with van der Waals surface area (Å²) in [5.41, 5.74) is 16.0. The van der Waals surface area contributed by atoms with Crippen molar-refractivity contribution >= 4 is 70.4 Å². The van der Waals surface area contributed by atoms with Crippen molar-refractivity contribution in [3.05, 3.63) is 168 Å². The van der Waals surface area contributed by atoms with Gasteiger partial charge >= 0.3 is 0 Å². The molecule has 0 N–H and O–H groups in total. The first-order valence-corrected chi connectivity index (χ1v) is 19.2. The normalized spacial score (nSPS) is 13.4. The molecule has 7 aromatic carbocycles. The highest BCUT2D eigenvalue weighted by atomic mass is 32.1. The van der Waals surface area contributed by atoms with E-state index in [1.807, 2.05) is 0 Å². The van der Waals surface area contributed by atoms with E-state index in [-0.39, 0.29) is 0 Å². The SMILES string of the molecule is C1=Cc2cc3c(cc2CC1)-c1c(c2c(c4ccccc14)c1ccccc1n2-c1nc2c(nc1-c1ccc(-c4ccccc4)cc1)sc1ccccc12)C3. The Kier molecular flexibility index (Phi) is 6.11. The Bertz CT molecular complexity index is 3180. The zero-order chi connectivity index (χ0) is 34.6. The lowest BCUT2D eigenvalue weighted by Gasteiger charge is -2.16. The second-order valence-corrected chi connectivity index (χ2v) is 15.4. The molecule has 248 valence electrons. The Labute approximate surface area is 310 Å². The average Bonchev–Trinajstić information content (AvgIpc) is 3.89. The molecular weight excluding hydrogens is 663 g/mol. The molecule has 0 aliphatic heterocycles. The monoisotopic (exact) mass is 693 g/mol. The smallest absolute Gasteiger partial charge is 0.165 e. The van der Waals surface area contributed by atoms with Crippen molar-refractivity contribution in [1.82, 2.24) is 14.5 Å². The first kappa shape index (κ1) is 29.2. The molecule has 53 heavy (non-hydrogen) atoms. The van der Waals surface area contributed by atoms with Crippen LogP contribution >= 0.6 is 11.3 Å². The zero-order valence-electron chi connectivity index (χ0n) is 28.8. The van der Waals surface area contributed by atoms with Gasteiger partial charge in [0.1, 0.15) is 16.0 Å². The van der Waals surface area contributed by atoms with Crippen LogP contribution < -0.4 is 0 Å². The fourth-order valence-electron chi connectivity index (χ4n) is 9.11. The van der Waals surface area contributed by atoms with Gasteiger partial charge in [-0.3, -0.25) is 4.57 Å². The van der Waals surface area contributed by atoms with Gasteiger partial charge in [0.15, 0.2) is 5.82 Å². The molecule has 0 amide bonds. The predicted octanol–water partition coefficient (Wildman–Crippen LogP) is 13.0. The van der Waals surface area contributed by atoms with E-state index in [1.165, 1.54) is 76.3 Å². The number of para-hydroxylation sites is 1. The number of thiophene rings is 1. The van der Waals surface area contributed by atoms with Gasteiger partial charge in [-0.1, -0.05) is 140 Å². The van der Waals surface area contributed by atoms with Crippen molar-refractivity contribution in [3.8, 4) is 39.3 Å². The van der Waals surface area contributed by atoms with Crippen molar-refractivity contribution in [2.75, 3.05) is 0 Å². The highest BCUT2D eigenvalue weighted by Gasteiger charge is 2.31. The topological polar surface area (TPSA) is 30.7 Å². The molecule has 0 radical (unpaired) electrons. The van der Waals surface area contributed by atoms with E-state index in [4.69, 9.17) is 9.97 Å². The molecule has 0 spiro atoms. The molecule has 10 aromatic rings. The minimum atomic E-state index is 0.871. The molecule has 0 bridgehead atoms. The van der Waals surface area contributed by atoms with Gasteiger partial charge in [0.2, 0.25) is 0 Å². The van der Waals surface area contributed by atoms with Gasteiger partial charge in [-0.15, -0.1) is 11.3 Å². The van der Waals surface area contributed by atoms with Crippen LogP contribution in [0.3, 0.4) is 0 Å². The minimum Gasteiger partial charge on any atom is -0.292 e. The first-order chi connectivity index (χ1) is 26.3. The van der Waals surface area contributed by atoms with Gasteiger partial charge in [-0.25, -0.2) is 9.97 Å². The molecule has 3 aromatic heterocycles. The van der Waals surface area contributed by atoms with Crippen molar-refractivity contribution < 1.29 is 0 Å². The molecule has 4 heteroatoms. The molecule has 2 aliphatic carbocycles. The zero-order valence-corrected chi connectivity index (χ0v) is 29.6. The molecule has 0 saturated heterocycles. The highest BCUT2D eigenvalue weighted by Crippen LogP contribution is 2.51. The molecule has 0 atom stereocenters. The van der Waals surface area contributed by atoms with E-state index >= 15 is 0 Å². The Morgan fingerprint density at radius 3 is 2.19 bits per heavy atom. The van der Waals surface area contributed by atoms with E-state index in [2.05, 4.69) is 156 Å². The number of hydrogen-bond acceptors (Lipinski definition) is 3. The summed E-state index contributed by atoms with van der Waals surface area (Å²) in [7, 11) is 0. The lowest BCUT2D eigenvalue weighted by atomic mass is 9.90. The fourth-order valence-corrected chi connectivity index (χ4v) is 10.1. The Balaban J connectivity index is 1.22. The maximum Gasteiger partial charge on any atom is 0.165 e. The molecule has 0 fully saturated rings. The van der Waals surface area contributed by atoms with Crippen molar-refractivity contribution in [2.45, 2.75) is 19.3 Å². The van der Waals surface area contributed by atoms with Gasteiger partial charge < -0.3 is 0 Å². The summed E-state index contributed by atoms with van der Waals surface area (Å²) >= 11 is 1.72. The first-order valence-electron chi connectivity index (χ1n) is 18.4. The molecule has 12 rings (SSSR count). The summed E-state index contributed by atoms with van der Waals surface area (Å²) < 4.78 is 3.66. The van der Waals surface area contributed by atoms with Crippen molar-refractivity contribution in [1.29, 1.82) is 0 Å². The van der Waals surface area contributed by atoms with Crippen LogP contribution in [-0.4, -0.2) is 14.5 Å². The third kappa shape index (κ3) is 4.21.